The fourth-order valence-electron chi connectivity index (χ4n) is 1.43. The largest absolute Gasteiger partial charge is 0.314 e. The normalized spacial score (nSPS) is 15.3. The van der Waals surface area contributed by atoms with Crippen molar-refractivity contribution in [2.45, 2.75) is 6.42 Å². The van der Waals surface area contributed by atoms with Crippen LogP contribution in [0.25, 0.3) is 0 Å². The van der Waals surface area contributed by atoms with Crippen LogP contribution in [0.2, 0.25) is 0 Å². The summed E-state index contributed by atoms with van der Waals surface area (Å²) in [5, 5.41) is 0. The van der Waals surface area contributed by atoms with E-state index in [1.165, 1.54) is 17.2 Å². The number of hydrogen-bond acceptors (Lipinski definition) is 3. The maximum absolute atomic E-state index is 12.0. The second kappa shape index (κ2) is 4.57. The molecule has 82 valence electrons. The summed E-state index contributed by atoms with van der Waals surface area (Å²) in [7, 11) is 0. The Bertz CT molecular complexity index is 471. The third-order valence-corrected chi connectivity index (χ3v) is 2.94. The van der Waals surface area contributed by atoms with Gasteiger partial charge in [-0.05, 0) is 28.1 Å². The second-order valence-electron chi connectivity index (χ2n) is 3.39. The topological polar surface area (TPSA) is 50.3 Å². The lowest BCUT2D eigenvalue weighted by atomic mass is 10.1. The van der Waals surface area contributed by atoms with Crippen molar-refractivity contribution >= 4 is 27.6 Å². The lowest BCUT2D eigenvalue weighted by Crippen LogP contribution is -2.31. The average Bonchev–Trinajstić information content (AvgIpc) is 2.30. The number of halogens is 1. The summed E-state index contributed by atoms with van der Waals surface area (Å²) in [5.74, 6) is -0.0733. The molecule has 0 atom stereocenters. The second-order valence-corrected chi connectivity index (χ2v) is 4.24. The van der Waals surface area contributed by atoms with Crippen LogP contribution in [0.1, 0.15) is 16.8 Å². The van der Waals surface area contributed by atoms with Crippen LogP contribution >= 0.6 is 15.9 Å². The van der Waals surface area contributed by atoms with Gasteiger partial charge in [0, 0.05) is 36.0 Å². The summed E-state index contributed by atoms with van der Waals surface area (Å²) in [6, 6.07) is 1.65. The van der Waals surface area contributed by atoms with Gasteiger partial charge in [0.2, 0.25) is 0 Å². The molecule has 1 aromatic heterocycles. The summed E-state index contributed by atoms with van der Waals surface area (Å²) >= 11 is 3.27. The zero-order chi connectivity index (χ0) is 11.5. The molecule has 0 fully saturated rings. The first kappa shape index (κ1) is 11.0. The summed E-state index contributed by atoms with van der Waals surface area (Å²) in [6.45, 7) is 0.433. The zero-order valence-corrected chi connectivity index (χ0v) is 9.98. The molecule has 0 bridgehead atoms. The molecule has 0 spiro atoms. The number of carbonyl (C=O) groups is 2. The first-order chi connectivity index (χ1) is 7.68. The third-order valence-electron chi connectivity index (χ3n) is 2.30. The van der Waals surface area contributed by atoms with Gasteiger partial charge in [0.05, 0.1) is 5.56 Å². The van der Waals surface area contributed by atoms with Crippen LogP contribution < -0.4 is 0 Å². The maximum Gasteiger partial charge on any atom is 0.259 e. The fraction of sp³-hybridized carbons (Fsp3) is 0.182. The third kappa shape index (κ3) is 2.19. The highest BCUT2D eigenvalue weighted by atomic mass is 79.9. The molecule has 0 aliphatic carbocycles. The van der Waals surface area contributed by atoms with Crippen LogP contribution in [0.15, 0.2) is 35.2 Å². The van der Waals surface area contributed by atoms with Gasteiger partial charge >= 0.3 is 0 Å². The number of allylic oxidation sites excluding steroid dienone is 1. The van der Waals surface area contributed by atoms with Crippen molar-refractivity contribution in [1.29, 1.82) is 0 Å². The Hall–Kier alpha value is -1.49. The highest BCUT2D eigenvalue weighted by Crippen LogP contribution is 2.18. The van der Waals surface area contributed by atoms with Gasteiger partial charge in [0.15, 0.2) is 5.78 Å². The van der Waals surface area contributed by atoms with Gasteiger partial charge in [-0.15, -0.1) is 0 Å². The Morgan fingerprint density at radius 3 is 2.94 bits per heavy atom. The molecule has 5 heteroatoms. The van der Waals surface area contributed by atoms with Crippen molar-refractivity contribution in [3.8, 4) is 0 Å². The average molecular weight is 281 g/mol. The molecular weight excluding hydrogens is 272 g/mol. The van der Waals surface area contributed by atoms with Gasteiger partial charge in [-0.3, -0.25) is 14.6 Å². The van der Waals surface area contributed by atoms with Gasteiger partial charge in [0.25, 0.3) is 5.91 Å². The lowest BCUT2D eigenvalue weighted by molar-refractivity contribution is -0.115. The summed E-state index contributed by atoms with van der Waals surface area (Å²) < 4.78 is 0.658. The Labute approximate surface area is 101 Å². The van der Waals surface area contributed by atoms with Crippen molar-refractivity contribution in [3.05, 3.63) is 40.8 Å². The van der Waals surface area contributed by atoms with Crippen molar-refractivity contribution in [2.24, 2.45) is 0 Å². The number of ketones is 1. The van der Waals surface area contributed by atoms with E-state index in [4.69, 9.17) is 0 Å². The molecule has 2 heterocycles. The van der Waals surface area contributed by atoms with Crippen LogP contribution in [0.4, 0.5) is 0 Å². The first-order valence-electron chi connectivity index (χ1n) is 4.80. The molecule has 16 heavy (non-hydrogen) atoms. The quantitative estimate of drug-likeness (QED) is 0.788. The number of hydrogen-bond donors (Lipinski definition) is 0. The molecule has 1 aromatic rings. The minimum Gasteiger partial charge on any atom is -0.314 e. The smallest absolute Gasteiger partial charge is 0.259 e. The molecule has 1 aliphatic rings. The molecule has 2 rings (SSSR count). The Morgan fingerprint density at radius 1 is 1.50 bits per heavy atom. The van der Waals surface area contributed by atoms with E-state index in [2.05, 4.69) is 20.9 Å². The van der Waals surface area contributed by atoms with Crippen LogP contribution in [0, 0.1) is 0 Å². The van der Waals surface area contributed by atoms with E-state index in [1.807, 2.05) is 0 Å². The van der Waals surface area contributed by atoms with Crippen LogP contribution in [-0.2, 0) is 4.79 Å². The van der Waals surface area contributed by atoms with E-state index < -0.39 is 0 Å². The standard InChI is InChI=1S/C11H9BrN2O2/c12-10-7-13-4-1-9(10)11(16)14-5-2-8(15)3-6-14/h1-2,4-5,7H,3,6H2. The molecule has 0 unspecified atom stereocenters. The molecule has 1 aliphatic heterocycles. The van der Waals surface area contributed by atoms with Crippen molar-refractivity contribution < 1.29 is 9.59 Å². The van der Waals surface area contributed by atoms with Crippen LogP contribution in [-0.4, -0.2) is 28.1 Å². The summed E-state index contributed by atoms with van der Waals surface area (Å²) in [4.78, 5) is 28.4. The Morgan fingerprint density at radius 2 is 2.31 bits per heavy atom. The Kier molecular flexibility index (Phi) is 3.14. The molecule has 0 aromatic carbocycles. The number of amides is 1. The lowest BCUT2D eigenvalue weighted by Gasteiger charge is -2.21. The first-order valence-corrected chi connectivity index (χ1v) is 5.59. The molecular formula is C11H9BrN2O2. The maximum atomic E-state index is 12.0. The molecule has 4 nitrogen and oxygen atoms in total. The monoisotopic (exact) mass is 280 g/mol. The van der Waals surface area contributed by atoms with E-state index in [9.17, 15) is 9.59 Å². The number of pyridine rings is 1. The fourth-order valence-corrected chi connectivity index (χ4v) is 1.85. The highest BCUT2D eigenvalue weighted by Gasteiger charge is 2.19. The molecule has 0 saturated heterocycles. The van der Waals surface area contributed by atoms with Crippen LogP contribution in [0.5, 0.6) is 0 Å². The van der Waals surface area contributed by atoms with Crippen molar-refractivity contribution in [1.82, 2.24) is 9.88 Å². The van der Waals surface area contributed by atoms with Gasteiger partial charge in [-0.25, -0.2) is 0 Å². The number of aromatic nitrogens is 1. The van der Waals surface area contributed by atoms with E-state index in [0.717, 1.165) is 0 Å². The molecule has 0 saturated carbocycles. The van der Waals surface area contributed by atoms with Crippen molar-refractivity contribution in [3.63, 3.8) is 0 Å². The SMILES string of the molecule is O=C1C=CN(C(=O)c2ccncc2Br)CC1. The minimum atomic E-state index is -0.127. The van der Waals surface area contributed by atoms with Gasteiger partial charge < -0.3 is 4.90 Å². The van der Waals surface area contributed by atoms with Crippen LogP contribution in [0.3, 0.4) is 0 Å². The number of carbonyl (C=O) groups excluding carboxylic acids is 2. The predicted octanol–water partition coefficient (Wildman–Crippen LogP) is 1.77. The predicted molar refractivity (Wildman–Crippen MR) is 61.7 cm³/mol. The highest BCUT2D eigenvalue weighted by molar-refractivity contribution is 9.10. The number of rotatable bonds is 1. The van der Waals surface area contributed by atoms with E-state index >= 15 is 0 Å². The minimum absolute atomic E-state index is 0.0536. The van der Waals surface area contributed by atoms with Gasteiger partial charge in [0.1, 0.15) is 0 Å². The van der Waals surface area contributed by atoms with Crippen molar-refractivity contribution in [2.75, 3.05) is 6.54 Å². The molecule has 0 radical (unpaired) electrons. The van der Waals surface area contributed by atoms with Gasteiger partial charge in [-0.2, -0.15) is 0 Å². The van der Waals surface area contributed by atoms with Gasteiger partial charge in [-0.1, -0.05) is 0 Å². The van der Waals surface area contributed by atoms with E-state index in [0.29, 0.717) is 23.0 Å². The molecule has 1 amide bonds. The summed E-state index contributed by atoms with van der Waals surface area (Å²) in [5.41, 5.74) is 0.550. The number of nitrogens with zero attached hydrogens (tertiary/aromatic N) is 2. The zero-order valence-electron chi connectivity index (χ0n) is 8.39. The molecule has 0 N–H and O–H groups in total. The van der Waals surface area contributed by atoms with E-state index in [-0.39, 0.29) is 11.7 Å². The Balaban J connectivity index is 2.23. The summed E-state index contributed by atoms with van der Waals surface area (Å²) in [6.07, 6.45) is 6.48. The van der Waals surface area contributed by atoms with E-state index in [1.54, 1.807) is 18.5 Å².